The fourth-order valence-corrected chi connectivity index (χ4v) is 1.07. The number of hydrogen-bond acceptors (Lipinski definition) is 5. The molecule has 0 aliphatic rings. The lowest BCUT2D eigenvalue weighted by Gasteiger charge is -2.07. The van der Waals surface area contributed by atoms with E-state index in [1.54, 1.807) is 0 Å². The fourth-order valence-electron chi connectivity index (χ4n) is 1.07. The van der Waals surface area contributed by atoms with E-state index < -0.39 is 24.9 Å². The molecular formula is C8H10BFN2O4. The van der Waals surface area contributed by atoms with Crippen molar-refractivity contribution >= 4 is 18.6 Å². The maximum atomic E-state index is 13.3. The van der Waals surface area contributed by atoms with Crippen LogP contribution in [0.5, 0.6) is 0 Å². The Morgan fingerprint density at radius 3 is 2.69 bits per heavy atom. The van der Waals surface area contributed by atoms with E-state index in [4.69, 9.17) is 20.9 Å². The van der Waals surface area contributed by atoms with Crippen molar-refractivity contribution in [3.8, 4) is 0 Å². The van der Waals surface area contributed by atoms with E-state index in [9.17, 15) is 9.18 Å². The van der Waals surface area contributed by atoms with Gasteiger partial charge in [-0.2, -0.15) is 0 Å². The number of carboxylic acid groups (broad SMARTS) is 1. The molecule has 0 bridgehead atoms. The average Bonchev–Trinajstić information content (AvgIpc) is 2.20. The van der Waals surface area contributed by atoms with Gasteiger partial charge in [0.25, 0.3) is 0 Å². The van der Waals surface area contributed by atoms with Gasteiger partial charge in [-0.15, -0.1) is 0 Å². The van der Waals surface area contributed by atoms with Gasteiger partial charge in [0.2, 0.25) is 0 Å². The summed E-state index contributed by atoms with van der Waals surface area (Å²) in [6, 6.07) is -0.367. The Morgan fingerprint density at radius 1 is 1.62 bits per heavy atom. The molecule has 0 saturated heterocycles. The van der Waals surface area contributed by atoms with E-state index in [1.165, 1.54) is 0 Å². The number of aromatic nitrogens is 1. The van der Waals surface area contributed by atoms with Crippen LogP contribution < -0.4 is 11.2 Å². The highest BCUT2D eigenvalue weighted by Gasteiger charge is 2.18. The van der Waals surface area contributed by atoms with Gasteiger partial charge in [-0.05, 0) is 6.07 Å². The molecule has 8 heteroatoms. The summed E-state index contributed by atoms with van der Waals surface area (Å²) in [6.07, 6.45) is 0.792. The van der Waals surface area contributed by atoms with Gasteiger partial charge in [-0.1, -0.05) is 0 Å². The van der Waals surface area contributed by atoms with Gasteiger partial charge in [-0.3, -0.25) is 9.78 Å². The summed E-state index contributed by atoms with van der Waals surface area (Å²) < 4.78 is 13.3. The quantitative estimate of drug-likeness (QED) is 0.436. The van der Waals surface area contributed by atoms with Crippen LogP contribution in [-0.2, 0) is 11.2 Å². The largest absolute Gasteiger partial charge is 0.490 e. The summed E-state index contributed by atoms with van der Waals surface area (Å²) in [5.74, 6) is -2.07. The topological polar surface area (TPSA) is 117 Å². The first-order chi connectivity index (χ1) is 7.41. The zero-order chi connectivity index (χ0) is 12.3. The van der Waals surface area contributed by atoms with E-state index in [2.05, 4.69) is 4.98 Å². The molecule has 5 N–H and O–H groups in total. The van der Waals surface area contributed by atoms with Gasteiger partial charge in [-0.25, -0.2) is 4.39 Å². The van der Waals surface area contributed by atoms with Crippen molar-refractivity contribution in [3.05, 3.63) is 23.8 Å². The summed E-state index contributed by atoms with van der Waals surface area (Å²) in [4.78, 5) is 14.0. The number of rotatable bonds is 4. The number of carbonyl (C=O) groups is 1. The lowest BCUT2D eigenvalue weighted by molar-refractivity contribution is -0.138. The molecule has 16 heavy (non-hydrogen) atoms. The Labute approximate surface area is 90.7 Å². The highest BCUT2D eigenvalue weighted by atomic mass is 19.1. The maximum absolute atomic E-state index is 13.3. The standard InChI is InChI=1S/C8H10BFN2O4/c10-5-1-4(9(15)16)3-12-7(5)2-6(11)8(13)14/h1,3,6,15-16H,2,11H2,(H,13,14). The third-order valence-electron chi connectivity index (χ3n) is 1.97. The molecule has 1 rings (SSSR count). The lowest BCUT2D eigenvalue weighted by Crippen LogP contribution is -2.34. The normalized spacial score (nSPS) is 12.2. The third kappa shape index (κ3) is 2.99. The van der Waals surface area contributed by atoms with E-state index >= 15 is 0 Å². The van der Waals surface area contributed by atoms with Gasteiger partial charge >= 0.3 is 13.1 Å². The van der Waals surface area contributed by atoms with E-state index in [0.717, 1.165) is 12.3 Å². The minimum absolute atomic E-state index is 0.106. The summed E-state index contributed by atoms with van der Waals surface area (Å²) in [5.41, 5.74) is 4.98. The monoisotopic (exact) mass is 228 g/mol. The Bertz CT molecular complexity index is 402. The van der Waals surface area contributed by atoms with Crippen LogP contribution >= 0.6 is 0 Å². The predicted molar refractivity (Wildman–Crippen MR) is 53.3 cm³/mol. The molecule has 0 spiro atoms. The Hall–Kier alpha value is -1.51. The number of pyridine rings is 1. The number of nitrogens with two attached hydrogens (primary N) is 1. The second-order valence-corrected chi connectivity index (χ2v) is 3.22. The van der Waals surface area contributed by atoms with Crippen LogP contribution in [-0.4, -0.2) is 39.3 Å². The van der Waals surface area contributed by atoms with E-state index in [1.807, 2.05) is 0 Å². The molecule has 0 aliphatic carbocycles. The molecule has 1 heterocycles. The molecule has 0 aliphatic heterocycles. The second kappa shape index (κ2) is 5.02. The van der Waals surface area contributed by atoms with E-state index in [-0.39, 0.29) is 17.6 Å². The smallest absolute Gasteiger partial charge is 0.480 e. The summed E-state index contributed by atoms with van der Waals surface area (Å²) in [5, 5.41) is 26.0. The minimum atomic E-state index is -1.82. The van der Waals surface area contributed by atoms with Gasteiger partial charge in [0.1, 0.15) is 11.9 Å². The van der Waals surface area contributed by atoms with Crippen molar-refractivity contribution in [2.75, 3.05) is 0 Å². The van der Waals surface area contributed by atoms with Crippen LogP contribution in [0.4, 0.5) is 4.39 Å². The number of aliphatic carboxylic acids is 1. The molecule has 86 valence electrons. The number of hydrogen-bond donors (Lipinski definition) is 4. The molecule has 0 radical (unpaired) electrons. The second-order valence-electron chi connectivity index (χ2n) is 3.22. The van der Waals surface area contributed by atoms with Crippen molar-refractivity contribution in [2.24, 2.45) is 5.73 Å². The van der Waals surface area contributed by atoms with Gasteiger partial charge in [0.05, 0.1) is 5.69 Å². The molecule has 1 atom stereocenters. The molecule has 1 aromatic heterocycles. The molecule has 0 fully saturated rings. The van der Waals surface area contributed by atoms with Crippen molar-refractivity contribution in [3.63, 3.8) is 0 Å². The Morgan fingerprint density at radius 2 is 2.25 bits per heavy atom. The first-order valence-electron chi connectivity index (χ1n) is 4.40. The molecule has 0 amide bonds. The van der Waals surface area contributed by atoms with Crippen LogP contribution in [0.2, 0.25) is 0 Å². The molecule has 1 unspecified atom stereocenters. The molecule has 0 aromatic carbocycles. The summed E-state index contributed by atoms with van der Waals surface area (Å²) in [6.45, 7) is 0. The van der Waals surface area contributed by atoms with Gasteiger partial charge in [0.15, 0.2) is 0 Å². The molecule has 6 nitrogen and oxygen atoms in total. The summed E-state index contributed by atoms with van der Waals surface area (Å²) >= 11 is 0. The van der Waals surface area contributed by atoms with Crippen LogP contribution in [0.3, 0.4) is 0 Å². The van der Waals surface area contributed by atoms with Crippen molar-refractivity contribution in [1.82, 2.24) is 4.98 Å². The first-order valence-corrected chi connectivity index (χ1v) is 4.40. The zero-order valence-corrected chi connectivity index (χ0v) is 8.17. The average molecular weight is 228 g/mol. The van der Waals surface area contributed by atoms with Crippen LogP contribution in [0, 0.1) is 5.82 Å². The zero-order valence-electron chi connectivity index (χ0n) is 8.17. The van der Waals surface area contributed by atoms with E-state index in [0.29, 0.717) is 0 Å². The SMILES string of the molecule is NC(Cc1ncc(B(O)O)cc1F)C(=O)O. The molecule has 0 saturated carbocycles. The van der Waals surface area contributed by atoms with Gasteiger partial charge in [0, 0.05) is 18.1 Å². The van der Waals surface area contributed by atoms with Crippen LogP contribution in [0.15, 0.2) is 12.3 Å². The fraction of sp³-hybridized carbons (Fsp3) is 0.250. The van der Waals surface area contributed by atoms with Gasteiger partial charge < -0.3 is 20.9 Å². The maximum Gasteiger partial charge on any atom is 0.490 e. The van der Waals surface area contributed by atoms with Crippen LogP contribution in [0.25, 0.3) is 0 Å². The highest BCUT2D eigenvalue weighted by Crippen LogP contribution is 2.04. The van der Waals surface area contributed by atoms with Crippen LogP contribution in [0.1, 0.15) is 5.69 Å². The lowest BCUT2D eigenvalue weighted by atomic mass is 9.81. The minimum Gasteiger partial charge on any atom is -0.480 e. The number of carboxylic acids is 1. The Kier molecular flexibility index (Phi) is 3.94. The number of halogens is 1. The molecular weight excluding hydrogens is 218 g/mol. The van der Waals surface area contributed by atoms with Crippen molar-refractivity contribution in [1.29, 1.82) is 0 Å². The van der Waals surface area contributed by atoms with Crippen molar-refractivity contribution < 1.29 is 24.3 Å². The predicted octanol–water partition coefficient (Wildman–Crippen LogP) is -2.15. The van der Waals surface area contributed by atoms with Crippen molar-refractivity contribution in [2.45, 2.75) is 12.5 Å². The third-order valence-corrected chi connectivity index (χ3v) is 1.97. The number of nitrogens with zero attached hydrogens (tertiary/aromatic N) is 1. The highest BCUT2D eigenvalue weighted by molar-refractivity contribution is 6.58. The summed E-state index contributed by atoms with van der Waals surface area (Å²) in [7, 11) is -1.82. The molecule has 1 aromatic rings. The Balaban J connectivity index is 2.87. The first kappa shape index (κ1) is 12.6.